The van der Waals surface area contributed by atoms with Gasteiger partial charge in [0.05, 0.1) is 7.11 Å². The summed E-state index contributed by atoms with van der Waals surface area (Å²) in [6.45, 7) is 0.604. The summed E-state index contributed by atoms with van der Waals surface area (Å²) in [7, 11) is 1.64. The van der Waals surface area contributed by atoms with Crippen molar-refractivity contribution in [2.24, 2.45) is 5.73 Å². The molecular weight excluding hydrogens is 312 g/mol. The van der Waals surface area contributed by atoms with Crippen LogP contribution >= 0.6 is 12.4 Å². The Morgan fingerprint density at radius 1 is 1.13 bits per heavy atom. The van der Waals surface area contributed by atoms with Crippen LogP contribution in [0, 0.1) is 0 Å². The van der Waals surface area contributed by atoms with E-state index in [0.717, 1.165) is 23.3 Å². The lowest BCUT2D eigenvalue weighted by molar-refractivity contribution is -0.121. The quantitative estimate of drug-likeness (QED) is 0.818. The molecule has 0 radical (unpaired) electrons. The van der Waals surface area contributed by atoms with Crippen molar-refractivity contribution in [3.05, 3.63) is 65.7 Å². The van der Waals surface area contributed by atoms with E-state index >= 15 is 0 Å². The van der Waals surface area contributed by atoms with E-state index in [1.54, 1.807) is 7.11 Å². The van der Waals surface area contributed by atoms with Gasteiger partial charge < -0.3 is 15.8 Å². The predicted octanol–water partition coefficient (Wildman–Crippen LogP) is 2.87. The fraction of sp³-hybridized carbons (Fsp3) is 0.278. The Hall–Kier alpha value is -2.04. The van der Waals surface area contributed by atoms with Gasteiger partial charge in [0, 0.05) is 19.0 Å². The number of nitrogens with one attached hydrogen (secondary N) is 1. The Balaban J connectivity index is 0.00000264. The summed E-state index contributed by atoms with van der Waals surface area (Å²) in [5.74, 6) is 0.812. The summed E-state index contributed by atoms with van der Waals surface area (Å²) in [5, 5.41) is 2.91. The molecule has 2 rings (SSSR count). The van der Waals surface area contributed by atoms with Crippen LogP contribution in [0.3, 0.4) is 0 Å². The Kier molecular flexibility index (Phi) is 8.16. The number of hydrogen-bond donors (Lipinski definition) is 2. The van der Waals surface area contributed by atoms with Crippen molar-refractivity contribution < 1.29 is 9.53 Å². The molecule has 23 heavy (non-hydrogen) atoms. The molecule has 0 heterocycles. The average Bonchev–Trinajstić information content (AvgIpc) is 2.56. The summed E-state index contributed by atoms with van der Waals surface area (Å²) in [5.41, 5.74) is 8.18. The van der Waals surface area contributed by atoms with Crippen molar-refractivity contribution in [3.63, 3.8) is 0 Å². The molecule has 0 aromatic heterocycles. The highest BCUT2D eigenvalue weighted by molar-refractivity contribution is 5.85. The van der Waals surface area contributed by atoms with Crippen LogP contribution in [0.5, 0.6) is 5.75 Å². The number of amides is 1. The summed E-state index contributed by atoms with van der Waals surface area (Å²) in [6.07, 6.45) is 1.09. The molecule has 3 N–H and O–H groups in total. The van der Waals surface area contributed by atoms with E-state index in [1.165, 1.54) is 0 Å². The third-order valence-electron chi connectivity index (χ3n) is 3.53. The van der Waals surface area contributed by atoms with Crippen LogP contribution in [0.15, 0.2) is 54.6 Å². The number of carbonyl (C=O) groups is 1. The van der Waals surface area contributed by atoms with Gasteiger partial charge in [0.1, 0.15) is 5.75 Å². The number of methoxy groups -OCH3 is 1. The molecular formula is C18H23ClN2O2. The van der Waals surface area contributed by atoms with Crippen molar-refractivity contribution in [1.29, 1.82) is 0 Å². The second kappa shape index (κ2) is 9.87. The highest BCUT2D eigenvalue weighted by Crippen LogP contribution is 2.13. The van der Waals surface area contributed by atoms with E-state index in [2.05, 4.69) is 5.32 Å². The van der Waals surface area contributed by atoms with Crippen molar-refractivity contribution >= 4 is 18.3 Å². The molecule has 5 heteroatoms. The van der Waals surface area contributed by atoms with Crippen molar-refractivity contribution in [2.75, 3.05) is 13.7 Å². The van der Waals surface area contributed by atoms with Gasteiger partial charge in [-0.15, -0.1) is 12.4 Å². The Bertz CT molecular complexity index is 588. The summed E-state index contributed by atoms with van der Waals surface area (Å²) >= 11 is 0. The number of halogens is 1. The molecule has 0 aliphatic rings. The van der Waals surface area contributed by atoms with Crippen LogP contribution in [-0.4, -0.2) is 19.6 Å². The zero-order chi connectivity index (χ0) is 15.8. The molecule has 2 aromatic carbocycles. The third kappa shape index (κ3) is 6.30. The van der Waals surface area contributed by atoms with Crippen molar-refractivity contribution in [2.45, 2.75) is 18.9 Å². The fourth-order valence-electron chi connectivity index (χ4n) is 2.23. The Morgan fingerprint density at radius 2 is 1.78 bits per heavy atom. The van der Waals surface area contributed by atoms with E-state index in [4.69, 9.17) is 10.5 Å². The third-order valence-corrected chi connectivity index (χ3v) is 3.53. The number of carbonyl (C=O) groups excluding carboxylic acids is 1. The van der Waals surface area contributed by atoms with E-state index in [-0.39, 0.29) is 24.4 Å². The predicted molar refractivity (Wildman–Crippen MR) is 94.9 cm³/mol. The number of rotatable bonds is 7. The number of nitrogens with two attached hydrogens (primary N) is 1. The van der Waals surface area contributed by atoms with Crippen molar-refractivity contribution in [1.82, 2.24) is 5.32 Å². The molecule has 2 aromatic rings. The van der Waals surface area contributed by atoms with Gasteiger partial charge >= 0.3 is 0 Å². The molecule has 0 saturated carbocycles. The maximum Gasteiger partial charge on any atom is 0.221 e. The summed E-state index contributed by atoms with van der Waals surface area (Å²) < 4.78 is 5.11. The largest absolute Gasteiger partial charge is 0.497 e. The van der Waals surface area contributed by atoms with E-state index in [9.17, 15) is 4.79 Å². The molecule has 0 fully saturated rings. The van der Waals surface area contributed by atoms with Gasteiger partial charge in [0.15, 0.2) is 0 Å². The maximum atomic E-state index is 11.9. The van der Waals surface area contributed by atoms with Crippen LogP contribution < -0.4 is 15.8 Å². The Morgan fingerprint density at radius 3 is 2.39 bits per heavy atom. The average molecular weight is 335 g/mol. The standard InChI is InChI=1S/C18H22N2O2.ClH/c1-22-16-9-7-14(8-10-16)11-12-20-18(21)13-17(19)15-5-3-2-4-6-15;/h2-10,17H,11-13,19H2,1H3,(H,20,21);1H. The first-order valence-electron chi connectivity index (χ1n) is 7.39. The van der Waals surface area contributed by atoms with Gasteiger partial charge in [-0.2, -0.15) is 0 Å². The molecule has 0 spiro atoms. The zero-order valence-electron chi connectivity index (χ0n) is 13.2. The van der Waals surface area contributed by atoms with Gasteiger partial charge in [-0.25, -0.2) is 0 Å². The van der Waals surface area contributed by atoms with E-state index < -0.39 is 0 Å². The van der Waals surface area contributed by atoms with Gasteiger partial charge in [-0.05, 0) is 29.7 Å². The molecule has 0 aliphatic heterocycles. The first kappa shape index (κ1) is 19.0. The topological polar surface area (TPSA) is 64.3 Å². The van der Waals surface area contributed by atoms with Crippen LogP contribution in [0.4, 0.5) is 0 Å². The molecule has 1 amide bonds. The van der Waals surface area contributed by atoms with E-state index in [1.807, 2.05) is 54.6 Å². The van der Waals surface area contributed by atoms with E-state index in [0.29, 0.717) is 13.0 Å². The minimum absolute atomic E-state index is 0. The van der Waals surface area contributed by atoms with Gasteiger partial charge in [-0.3, -0.25) is 4.79 Å². The van der Waals surface area contributed by atoms with Crippen molar-refractivity contribution in [3.8, 4) is 5.75 Å². The summed E-state index contributed by atoms with van der Waals surface area (Å²) in [6, 6.07) is 17.2. The first-order valence-corrected chi connectivity index (χ1v) is 7.39. The van der Waals surface area contributed by atoms with Crippen LogP contribution in [-0.2, 0) is 11.2 Å². The lowest BCUT2D eigenvalue weighted by atomic mass is 10.0. The normalized spacial score (nSPS) is 11.2. The molecule has 124 valence electrons. The fourth-order valence-corrected chi connectivity index (χ4v) is 2.23. The second-order valence-corrected chi connectivity index (χ2v) is 5.17. The lowest BCUT2D eigenvalue weighted by Crippen LogP contribution is -2.29. The zero-order valence-corrected chi connectivity index (χ0v) is 14.0. The van der Waals surface area contributed by atoms with Gasteiger partial charge in [0.2, 0.25) is 5.91 Å². The minimum atomic E-state index is -0.262. The van der Waals surface area contributed by atoms with Gasteiger partial charge in [0.25, 0.3) is 0 Å². The molecule has 1 unspecified atom stereocenters. The second-order valence-electron chi connectivity index (χ2n) is 5.17. The molecule has 1 atom stereocenters. The lowest BCUT2D eigenvalue weighted by Gasteiger charge is -2.12. The molecule has 0 aliphatic carbocycles. The number of hydrogen-bond acceptors (Lipinski definition) is 3. The summed E-state index contributed by atoms with van der Waals surface area (Å²) in [4.78, 5) is 11.9. The highest BCUT2D eigenvalue weighted by Gasteiger charge is 2.10. The van der Waals surface area contributed by atoms with Crippen LogP contribution in [0.1, 0.15) is 23.6 Å². The first-order chi connectivity index (χ1) is 10.7. The monoisotopic (exact) mass is 334 g/mol. The van der Waals surface area contributed by atoms with Gasteiger partial charge in [-0.1, -0.05) is 42.5 Å². The molecule has 0 bridgehead atoms. The molecule has 0 saturated heterocycles. The van der Waals surface area contributed by atoms with Crippen LogP contribution in [0.2, 0.25) is 0 Å². The number of benzene rings is 2. The smallest absolute Gasteiger partial charge is 0.221 e. The number of ether oxygens (including phenoxy) is 1. The minimum Gasteiger partial charge on any atom is -0.497 e. The highest BCUT2D eigenvalue weighted by atomic mass is 35.5. The molecule has 4 nitrogen and oxygen atoms in total. The maximum absolute atomic E-state index is 11.9. The SMILES string of the molecule is COc1ccc(CCNC(=O)CC(N)c2ccccc2)cc1.Cl. The Labute approximate surface area is 143 Å². The van der Waals surface area contributed by atoms with Crippen LogP contribution in [0.25, 0.3) is 0 Å².